The monoisotopic (exact) mass is 376 g/mol. The Balaban J connectivity index is 1.63. The van der Waals surface area contributed by atoms with Crippen LogP contribution in [0.15, 0.2) is 89.9 Å². The summed E-state index contributed by atoms with van der Waals surface area (Å²) in [5.74, 6) is 2.43. The number of rotatable bonds is 6. The van der Waals surface area contributed by atoms with Crippen LogP contribution in [0.2, 0.25) is 0 Å². The minimum absolute atomic E-state index is 0.396. The minimum Gasteiger partial charge on any atom is -0.383 e. The average Bonchev–Trinajstić information content (AvgIpc) is 2.99. The molecule has 0 unspecified atom stereocenters. The van der Waals surface area contributed by atoms with Gasteiger partial charge in [-0.1, -0.05) is 84.9 Å². The topological polar surface area (TPSA) is 38.4 Å². The lowest BCUT2D eigenvalue weighted by atomic mass is 10.1. The summed E-state index contributed by atoms with van der Waals surface area (Å²) in [6.45, 7) is 0. The molecule has 3 aromatic rings. The molecule has 0 aromatic heterocycles. The van der Waals surface area contributed by atoms with Crippen molar-refractivity contribution in [2.24, 2.45) is 10.7 Å². The smallest absolute Gasteiger partial charge is 0.181 e. The van der Waals surface area contributed by atoms with Crippen LogP contribution in [0.3, 0.4) is 0 Å². The molecule has 2 N–H and O–H groups in total. The maximum Gasteiger partial charge on any atom is 0.181 e. The van der Waals surface area contributed by atoms with Crippen molar-refractivity contribution >= 4 is 29.4 Å². The molecule has 0 aliphatic carbocycles. The SMILES string of the molecule is NC1=NC(SCc2ccccc2)(SCc2ccccc2)c2ccccc21. The number of hydrogen-bond acceptors (Lipinski definition) is 4. The van der Waals surface area contributed by atoms with Crippen molar-refractivity contribution < 1.29 is 0 Å². The van der Waals surface area contributed by atoms with Crippen molar-refractivity contribution in [2.45, 2.75) is 15.7 Å². The molecule has 0 radical (unpaired) electrons. The van der Waals surface area contributed by atoms with E-state index in [1.54, 1.807) is 0 Å². The fraction of sp³-hybridized carbons (Fsp3) is 0.136. The lowest BCUT2D eigenvalue weighted by molar-refractivity contribution is 0.972. The third kappa shape index (κ3) is 3.53. The highest BCUT2D eigenvalue weighted by atomic mass is 32.2. The molecular formula is C22H20N2S2. The summed E-state index contributed by atoms with van der Waals surface area (Å²) in [6.07, 6.45) is 0. The highest BCUT2D eigenvalue weighted by Gasteiger charge is 2.40. The number of nitrogens with two attached hydrogens (primary N) is 1. The quantitative estimate of drug-likeness (QED) is 0.587. The van der Waals surface area contributed by atoms with Gasteiger partial charge in [-0.05, 0) is 11.1 Å². The van der Waals surface area contributed by atoms with Crippen LogP contribution in [0.4, 0.5) is 0 Å². The van der Waals surface area contributed by atoms with E-state index in [0.717, 1.165) is 17.1 Å². The molecule has 26 heavy (non-hydrogen) atoms. The van der Waals surface area contributed by atoms with Gasteiger partial charge in [0.1, 0.15) is 5.84 Å². The zero-order valence-electron chi connectivity index (χ0n) is 14.3. The molecule has 0 saturated heterocycles. The number of thioether (sulfide) groups is 2. The van der Waals surface area contributed by atoms with E-state index >= 15 is 0 Å². The van der Waals surface area contributed by atoms with Gasteiger partial charge in [0, 0.05) is 22.6 Å². The number of fused-ring (bicyclic) bond motifs is 1. The predicted octanol–water partition coefficient (Wildman–Crippen LogP) is 5.38. The highest BCUT2D eigenvalue weighted by Crippen LogP contribution is 2.54. The van der Waals surface area contributed by atoms with Gasteiger partial charge in [0.05, 0.1) is 0 Å². The van der Waals surface area contributed by atoms with E-state index < -0.39 is 4.20 Å². The van der Waals surface area contributed by atoms with Crippen molar-refractivity contribution in [3.8, 4) is 0 Å². The Morgan fingerprint density at radius 2 is 1.19 bits per heavy atom. The van der Waals surface area contributed by atoms with Crippen LogP contribution < -0.4 is 5.73 Å². The third-order valence-electron chi connectivity index (χ3n) is 4.37. The van der Waals surface area contributed by atoms with Crippen LogP contribution in [0.5, 0.6) is 0 Å². The highest BCUT2D eigenvalue weighted by molar-refractivity contribution is 8.16. The summed E-state index contributed by atoms with van der Waals surface area (Å²) in [5, 5.41) is 0. The fourth-order valence-electron chi connectivity index (χ4n) is 3.03. The standard InChI is InChI=1S/C22H20N2S2/c23-21-19-13-7-8-14-20(19)22(24-21,25-15-17-9-3-1-4-10-17)26-16-18-11-5-2-6-12-18/h1-14H,15-16H2,(H2,23,24). The first-order valence-corrected chi connectivity index (χ1v) is 10.5. The lowest BCUT2D eigenvalue weighted by Gasteiger charge is -2.26. The van der Waals surface area contributed by atoms with E-state index in [1.807, 2.05) is 29.6 Å². The van der Waals surface area contributed by atoms with E-state index in [0.29, 0.717) is 5.84 Å². The van der Waals surface area contributed by atoms with Crippen molar-refractivity contribution in [3.63, 3.8) is 0 Å². The Bertz CT molecular complexity index is 864. The first-order valence-electron chi connectivity index (χ1n) is 8.58. The second-order valence-corrected chi connectivity index (χ2v) is 8.77. The zero-order valence-corrected chi connectivity index (χ0v) is 16.0. The molecule has 4 rings (SSSR count). The van der Waals surface area contributed by atoms with Gasteiger partial charge in [0.2, 0.25) is 0 Å². The maximum absolute atomic E-state index is 6.28. The molecule has 3 aromatic carbocycles. The van der Waals surface area contributed by atoms with Crippen LogP contribution in [0, 0.1) is 0 Å². The molecule has 0 bridgehead atoms. The first-order chi connectivity index (χ1) is 12.8. The van der Waals surface area contributed by atoms with E-state index in [4.69, 9.17) is 10.7 Å². The number of hydrogen-bond donors (Lipinski definition) is 1. The summed E-state index contributed by atoms with van der Waals surface area (Å²) >= 11 is 3.69. The van der Waals surface area contributed by atoms with Crippen molar-refractivity contribution in [3.05, 3.63) is 107 Å². The second-order valence-electron chi connectivity index (χ2n) is 6.17. The number of aliphatic imine (C=N–C) groups is 1. The van der Waals surface area contributed by atoms with E-state index in [9.17, 15) is 0 Å². The number of amidine groups is 1. The van der Waals surface area contributed by atoms with Crippen molar-refractivity contribution in [1.82, 2.24) is 0 Å². The van der Waals surface area contributed by atoms with Gasteiger partial charge in [-0.2, -0.15) is 0 Å². The number of benzene rings is 3. The van der Waals surface area contributed by atoms with E-state index in [-0.39, 0.29) is 0 Å². The Morgan fingerprint density at radius 1 is 0.692 bits per heavy atom. The van der Waals surface area contributed by atoms with Gasteiger partial charge in [0.15, 0.2) is 4.20 Å². The molecule has 1 aliphatic rings. The molecule has 130 valence electrons. The lowest BCUT2D eigenvalue weighted by Crippen LogP contribution is -2.13. The molecule has 0 fully saturated rings. The van der Waals surface area contributed by atoms with E-state index in [1.165, 1.54) is 16.7 Å². The predicted molar refractivity (Wildman–Crippen MR) is 114 cm³/mol. The fourth-order valence-corrected chi connectivity index (χ4v) is 5.82. The van der Waals surface area contributed by atoms with Crippen molar-refractivity contribution in [1.29, 1.82) is 0 Å². The summed E-state index contributed by atoms with van der Waals surface area (Å²) in [7, 11) is 0. The Morgan fingerprint density at radius 3 is 1.77 bits per heavy atom. The van der Waals surface area contributed by atoms with Gasteiger partial charge in [-0.25, -0.2) is 4.99 Å². The Kier molecular flexibility index (Phi) is 5.05. The van der Waals surface area contributed by atoms with Gasteiger partial charge >= 0.3 is 0 Å². The van der Waals surface area contributed by atoms with Crippen LogP contribution in [-0.2, 0) is 15.7 Å². The summed E-state index contributed by atoms with van der Waals surface area (Å²) < 4.78 is -0.396. The summed E-state index contributed by atoms with van der Waals surface area (Å²) in [4.78, 5) is 4.94. The minimum atomic E-state index is -0.396. The Labute approximate surface area is 162 Å². The summed E-state index contributed by atoms with van der Waals surface area (Å²) in [6, 6.07) is 29.4. The molecule has 2 nitrogen and oxygen atoms in total. The number of nitrogens with zero attached hydrogens (tertiary/aromatic N) is 1. The molecule has 1 aliphatic heterocycles. The third-order valence-corrected chi connectivity index (χ3v) is 7.43. The van der Waals surface area contributed by atoms with Crippen LogP contribution in [0.25, 0.3) is 0 Å². The molecule has 1 heterocycles. The normalized spacial score (nSPS) is 14.7. The van der Waals surface area contributed by atoms with Gasteiger partial charge in [-0.3, -0.25) is 0 Å². The van der Waals surface area contributed by atoms with E-state index in [2.05, 4.69) is 78.9 Å². The average molecular weight is 377 g/mol. The van der Waals surface area contributed by atoms with Gasteiger partial charge in [0.25, 0.3) is 0 Å². The maximum atomic E-state index is 6.28. The first kappa shape index (κ1) is 17.3. The molecule has 0 saturated carbocycles. The second kappa shape index (κ2) is 7.60. The van der Waals surface area contributed by atoms with Gasteiger partial charge in [-0.15, -0.1) is 23.5 Å². The molecule has 4 heteroatoms. The molecular weight excluding hydrogens is 356 g/mol. The summed E-state index contributed by atoms with van der Waals surface area (Å²) in [5.41, 5.74) is 11.2. The van der Waals surface area contributed by atoms with Gasteiger partial charge < -0.3 is 5.73 Å². The largest absolute Gasteiger partial charge is 0.383 e. The van der Waals surface area contributed by atoms with Crippen LogP contribution in [-0.4, -0.2) is 5.84 Å². The molecule has 0 spiro atoms. The Hall–Kier alpha value is -2.17. The van der Waals surface area contributed by atoms with Crippen LogP contribution >= 0.6 is 23.5 Å². The molecule has 0 atom stereocenters. The molecule has 0 amide bonds. The van der Waals surface area contributed by atoms with Crippen molar-refractivity contribution in [2.75, 3.05) is 0 Å². The van der Waals surface area contributed by atoms with Crippen LogP contribution in [0.1, 0.15) is 22.3 Å². The zero-order chi connectivity index (χ0) is 17.8.